The largest absolute Gasteiger partial charge is 0.464 e. The monoisotopic (exact) mass is 368 g/mol. The van der Waals surface area contributed by atoms with Gasteiger partial charge in [0.15, 0.2) is 5.69 Å². The summed E-state index contributed by atoms with van der Waals surface area (Å²) in [5.74, 6) is -0.538. The summed E-state index contributed by atoms with van der Waals surface area (Å²) in [6.07, 6.45) is 1.65. The number of oxazole rings is 1. The molecule has 0 spiro atoms. The van der Waals surface area contributed by atoms with Gasteiger partial charge < -0.3 is 13.9 Å². The van der Waals surface area contributed by atoms with Crippen molar-refractivity contribution in [2.24, 2.45) is 0 Å². The van der Waals surface area contributed by atoms with Gasteiger partial charge in [0.25, 0.3) is 0 Å². The molecule has 0 fully saturated rings. The van der Waals surface area contributed by atoms with Crippen molar-refractivity contribution in [1.29, 1.82) is 0 Å². The predicted octanol–water partition coefficient (Wildman–Crippen LogP) is 1.69. The number of aromatic nitrogens is 1. The first-order valence-corrected chi connectivity index (χ1v) is 9.00. The molecule has 0 N–H and O–H groups in total. The first-order chi connectivity index (χ1) is 12.0. The first kappa shape index (κ1) is 19.1. The maximum absolute atomic E-state index is 12.9. The zero-order chi connectivity index (χ0) is 18.3. The Morgan fingerprint density at radius 2 is 1.96 bits per heavy atom. The topological polar surface area (TPSA) is 98.9 Å². The molecule has 0 bridgehead atoms. The first-order valence-electron chi connectivity index (χ1n) is 7.56. The number of sulfonamides is 1. The maximum atomic E-state index is 12.9. The van der Waals surface area contributed by atoms with E-state index in [1.807, 2.05) is 0 Å². The normalized spacial score (nSPS) is 11.6. The van der Waals surface area contributed by atoms with Crippen molar-refractivity contribution in [3.8, 4) is 0 Å². The summed E-state index contributed by atoms with van der Waals surface area (Å²) >= 11 is 0. The van der Waals surface area contributed by atoms with Gasteiger partial charge >= 0.3 is 5.97 Å². The van der Waals surface area contributed by atoms with Gasteiger partial charge in [-0.15, -0.1) is 0 Å². The Kier molecular flexibility index (Phi) is 6.68. The molecule has 0 aliphatic heterocycles. The van der Waals surface area contributed by atoms with Crippen LogP contribution in [0.15, 0.2) is 45.9 Å². The minimum Gasteiger partial charge on any atom is -0.464 e. The van der Waals surface area contributed by atoms with Crippen molar-refractivity contribution in [2.75, 3.05) is 27.4 Å². The molecule has 0 unspecified atom stereocenters. The molecule has 1 heterocycles. The highest BCUT2D eigenvalue weighted by molar-refractivity contribution is 7.89. The van der Waals surface area contributed by atoms with Crippen LogP contribution in [0.25, 0.3) is 0 Å². The summed E-state index contributed by atoms with van der Waals surface area (Å²) in [5, 5.41) is 0. The molecule has 136 valence electrons. The molecular formula is C16H20N2O6S. The Balaban J connectivity index is 2.23. The third-order valence-corrected chi connectivity index (χ3v) is 5.25. The fraction of sp³-hybridized carbons (Fsp3) is 0.375. The highest BCUT2D eigenvalue weighted by atomic mass is 32.2. The zero-order valence-corrected chi connectivity index (χ0v) is 14.9. The second kappa shape index (κ2) is 8.75. The third-order valence-electron chi connectivity index (χ3n) is 3.39. The van der Waals surface area contributed by atoms with Gasteiger partial charge in [-0.25, -0.2) is 18.2 Å². The van der Waals surface area contributed by atoms with Gasteiger partial charge in [0, 0.05) is 20.3 Å². The fourth-order valence-electron chi connectivity index (χ4n) is 2.14. The van der Waals surface area contributed by atoms with Crippen molar-refractivity contribution in [2.45, 2.75) is 17.9 Å². The highest BCUT2D eigenvalue weighted by Gasteiger charge is 2.26. The molecule has 0 radical (unpaired) electrons. The van der Waals surface area contributed by atoms with Crippen LogP contribution in [-0.4, -0.2) is 51.0 Å². The minimum atomic E-state index is -3.73. The number of nitrogens with zero attached hydrogens (tertiary/aromatic N) is 2. The van der Waals surface area contributed by atoms with E-state index in [0.717, 1.165) is 6.26 Å². The average Bonchev–Trinajstić information content (AvgIpc) is 3.09. The van der Waals surface area contributed by atoms with E-state index in [4.69, 9.17) is 9.15 Å². The second-order valence-electron chi connectivity index (χ2n) is 5.12. The van der Waals surface area contributed by atoms with Crippen LogP contribution in [0.2, 0.25) is 0 Å². The molecule has 9 heteroatoms. The molecule has 0 aliphatic carbocycles. The Labute approximate surface area is 146 Å². The number of hydrogen-bond acceptors (Lipinski definition) is 7. The Morgan fingerprint density at radius 1 is 1.24 bits per heavy atom. The Bertz CT molecular complexity index is 788. The van der Waals surface area contributed by atoms with Crippen LogP contribution < -0.4 is 0 Å². The molecule has 0 atom stereocenters. The standard InChI is InChI=1S/C16H20N2O6S/c1-22-10-6-9-18(25(20,21)13-7-4-3-5-8-13)11-15-17-14(12-24-15)16(19)23-2/h3-5,7-8,12H,6,9-11H2,1-2H3. The highest BCUT2D eigenvalue weighted by Crippen LogP contribution is 2.18. The molecule has 2 aromatic rings. The number of benzene rings is 1. The van der Waals surface area contributed by atoms with Crippen LogP contribution in [0, 0.1) is 0 Å². The van der Waals surface area contributed by atoms with E-state index in [1.54, 1.807) is 25.3 Å². The van der Waals surface area contributed by atoms with Crippen LogP contribution in [0.1, 0.15) is 22.8 Å². The summed E-state index contributed by atoms with van der Waals surface area (Å²) in [7, 11) is -0.957. The number of carbonyl (C=O) groups is 1. The molecule has 0 amide bonds. The number of rotatable bonds is 9. The minimum absolute atomic E-state index is 0.00792. The Hall–Kier alpha value is -2.23. The lowest BCUT2D eigenvalue weighted by atomic mass is 10.4. The van der Waals surface area contributed by atoms with Crippen molar-refractivity contribution in [1.82, 2.24) is 9.29 Å². The summed E-state index contributed by atoms with van der Waals surface area (Å²) in [6.45, 7) is 0.540. The van der Waals surface area contributed by atoms with Crippen molar-refractivity contribution < 1.29 is 27.1 Å². The lowest BCUT2D eigenvalue weighted by Crippen LogP contribution is -2.32. The third kappa shape index (κ3) is 4.88. The van der Waals surface area contributed by atoms with Crippen molar-refractivity contribution in [3.05, 3.63) is 48.2 Å². The predicted molar refractivity (Wildman–Crippen MR) is 88.4 cm³/mol. The number of hydrogen-bond donors (Lipinski definition) is 0. The smallest absolute Gasteiger partial charge is 0.360 e. The van der Waals surface area contributed by atoms with E-state index in [1.165, 1.54) is 23.5 Å². The summed E-state index contributed by atoms with van der Waals surface area (Å²) in [6, 6.07) is 8.09. The van der Waals surface area contributed by atoms with Crippen LogP contribution in [-0.2, 0) is 26.0 Å². The number of carbonyl (C=O) groups excluding carboxylic acids is 1. The van der Waals surface area contributed by atoms with Crippen LogP contribution in [0.3, 0.4) is 0 Å². The molecule has 2 rings (SSSR count). The number of methoxy groups -OCH3 is 2. The maximum Gasteiger partial charge on any atom is 0.360 e. The van der Waals surface area contributed by atoms with Crippen molar-refractivity contribution in [3.63, 3.8) is 0 Å². The van der Waals surface area contributed by atoms with Crippen LogP contribution >= 0.6 is 0 Å². The quantitative estimate of drug-likeness (QED) is 0.490. The van der Waals surface area contributed by atoms with E-state index in [9.17, 15) is 13.2 Å². The Morgan fingerprint density at radius 3 is 2.60 bits per heavy atom. The van der Waals surface area contributed by atoms with E-state index < -0.39 is 16.0 Å². The van der Waals surface area contributed by atoms with E-state index in [2.05, 4.69) is 9.72 Å². The van der Waals surface area contributed by atoms with E-state index in [0.29, 0.717) is 13.0 Å². The average molecular weight is 368 g/mol. The second-order valence-corrected chi connectivity index (χ2v) is 7.05. The zero-order valence-electron chi connectivity index (χ0n) is 14.0. The van der Waals surface area contributed by atoms with Gasteiger partial charge in [0.05, 0.1) is 18.6 Å². The van der Waals surface area contributed by atoms with E-state index >= 15 is 0 Å². The summed E-state index contributed by atoms with van der Waals surface area (Å²) < 4.78 is 41.7. The molecule has 0 aliphatic rings. The summed E-state index contributed by atoms with van der Waals surface area (Å²) in [5.41, 5.74) is -0.00792. The lowest BCUT2D eigenvalue weighted by molar-refractivity contribution is 0.0594. The molecule has 0 saturated carbocycles. The number of ether oxygens (including phenoxy) is 2. The van der Waals surface area contributed by atoms with Crippen LogP contribution in [0.4, 0.5) is 0 Å². The SMILES string of the molecule is COCCCN(Cc1nc(C(=O)OC)co1)S(=O)(=O)c1ccccc1. The molecule has 1 aromatic heterocycles. The van der Waals surface area contributed by atoms with Crippen molar-refractivity contribution >= 4 is 16.0 Å². The molecule has 0 saturated heterocycles. The van der Waals surface area contributed by atoms with Gasteiger partial charge in [0.1, 0.15) is 6.26 Å². The van der Waals surface area contributed by atoms with Gasteiger partial charge in [-0.2, -0.15) is 4.31 Å². The lowest BCUT2D eigenvalue weighted by Gasteiger charge is -2.20. The molecule has 25 heavy (non-hydrogen) atoms. The van der Waals surface area contributed by atoms with Gasteiger partial charge in [-0.05, 0) is 18.6 Å². The fourth-order valence-corrected chi connectivity index (χ4v) is 3.59. The van der Waals surface area contributed by atoms with Crippen LogP contribution in [0.5, 0.6) is 0 Å². The summed E-state index contributed by atoms with van der Waals surface area (Å²) in [4.78, 5) is 15.6. The van der Waals surface area contributed by atoms with E-state index in [-0.39, 0.29) is 29.6 Å². The molecular weight excluding hydrogens is 348 g/mol. The molecule has 8 nitrogen and oxygen atoms in total. The number of esters is 1. The van der Waals surface area contributed by atoms with Gasteiger partial charge in [-0.1, -0.05) is 18.2 Å². The van der Waals surface area contributed by atoms with Gasteiger partial charge in [0.2, 0.25) is 15.9 Å². The molecule has 1 aromatic carbocycles. The van der Waals surface area contributed by atoms with Gasteiger partial charge in [-0.3, -0.25) is 0 Å².